The van der Waals surface area contributed by atoms with Gasteiger partial charge in [-0.3, -0.25) is 4.79 Å². The van der Waals surface area contributed by atoms with E-state index in [0.29, 0.717) is 19.6 Å². The lowest BCUT2D eigenvalue weighted by Crippen LogP contribution is -2.33. The molecule has 3 nitrogen and oxygen atoms in total. The number of amides is 1. The second-order valence-corrected chi connectivity index (χ2v) is 7.17. The summed E-state index contributed by atoms with van der Waals surface area (Å²) in [6.45, 7) is 3.55. The Morgan fingerprint density at radius 1 is 1.00 bits per heavy atom. The van der Waals surface area contributed by atoms with Gasteiger partial charge in [0.15, 0.2) is 0 Å². The van der Waals surface area contributed by atoms with Crippen molar-refractivity contribution in [3.05, 3.63) is 95.3 Å². The van der Waals surface area contributed by atoms with Crippen LogP contribution in [0, 0.1) is 11.6 Å². The summed E-state index contributed by atoms with van der Waals surface area (Å²) in [5.41, 5.74) is 1.86. The van der Waals surface area contributed by atoms with Crippen molar-refractivity contribution in [2.75, 3.05) is 6.54 Å². The first-order chi connectivity index (χ1) is 14.1. The van der Waals surface area contributed by atoms with Crippen molar-refractivity contribution >= 4 is 5.91 Å². The van der Waals surface area contributed by atoms with Crippen LogP contribution in [0.2, 0.25) is 0 Å². The summed E-state index contributed by atoms with van der Waals surface area (Å²) in [4.78, 5) is 14.7. The molecule has 0 radical (unpaired) electrons. The van der Waals surface area contributed by atoms with Gasteiger partial charge in [0.1, 0.15) is 11.6 Å². The molecule has 0 N–H and O–H groups in total. The molecule has 3 aromatic rings. The largest absolute Gasteiger partial charge is 0.345 e. The maximum absolute atomic E-state index is 14.2. The van der Waals surface area contributed by atoms with Gasteiger partial charge >= 0.3 is 0 Å². The third kappa shape index (κ3) is 5.53. The Hall–Kier alpha value is -2.95. The molecule has 3 rings (SSSR count). The van der Waals surface area contributed by atoms with E-state index in [1.807, 2.05) is 29.0 Å². The maximum atomic E-state index is 14.2. The predicted molar refractivity (Wildman–Crippen MR) is 111 cm³/mol. The fraction of sp³-hybridized carbons (Fsp3) is 0.292. The highest BCUT2D eigenvalue weighted by atomic mass is 19.1. The average molecular weight is 396 g/mol. The number of hydrogen-bond donors (Lipinski definition) is 0. The zero-order valence-electron chi connectivity index (χ0n) is 16.7. The molecule has 5 heteroatoms. The van der Waals surface area contributed by atoms with Crippen LogP contribution < -0.4 is 0 Å². The highest BCUT2D eigenvalue weighted by molar-refractivity contribution is 5.94. The Labute approximate surface area is 170 Å². The number of aromatic nitrogens is 1. The number of carbonyl (C=O) groups excluding carboxylic acids is 1. The summed E-state index contributed by atoms with van der Waals surface area (Å²) in [5, 5.41) is 0. The normalized spacial score (nSPS) is 10.9. The van der Waals surface area contributed by atoms with E-state index in [1.54, 1.807) is 23.1 Å². The van der Waals surface area contributed by atoms with Gasteiger partial charge in [-0.1, -0.05) is 44.0 Å². The van der Waals surface area contributed by atoms with Gasteiger partial charge in [0.2, 0.25) is 0 Å². The molecule has 1 amide bonds. The molecule has 0 aliphatic rings. The van der Waals surface area contributed by atoms with E-state index in [9.17, 15) is 13.6 Å². The van der Waals surface area contributed by atoms with Gasteiger partial charge in [-0.15, -0.1) is 0 Å². The molecule has 1 aromatic heterocycles. The minimum Gasteiger partial charge on any atom is -0.345 e. The summed E-state index contributed by atoms with van der Waals surface area (Å²) in [6, 6.07) is 16.4. The van der Waals surface area contributed by atoms with E-state index < -0.39 is 5.82 Å². The first-order valence-corrected chi connectivity index (χ1v) is 10.0. The van der Waals surface area contributed by atoms with Crippen molar-refractivity contribution in [1.29, 1.82) is 0 Å². The summed E-state index contributed by atoms with van der Waals surface area (Å²) in [7, 11) is 0. The molecule has 0 spiro atoms. The molecular weight excluding hydrogens is 370 g/mol. The standard InChI is InChI=1S/C24H26F2N2O/c1-2-3-6-14-28(24(29)22-12-4-5-13-23(22)26)18-21-11-8-15-27(21)17-19-9-7-10-20(25)16-19/h4-5,7-13,15-16H,2-3,6,14,17-18H2,1H3. The lowest BCUT2D eigenvalue weighted by molar-refractivity contribution is 0.0731. The first-order valence-electron chi connectivity index (χ1n) is 10.0. The predicted octanol–water partition coefficient (Wildman–Crippen LogP) is 5.65. The van der Waals surface area contributed by atoms with Crippen molar-refractivity contribution in [3.8, 4) is 0 Å². The number of halogens is 2. The molecule has 0 bridgehead atoms. The van der Waals surface area contributed by atoms with Crippen LogP contribution in [-0.4, -0.2) is 21.9 Å². The number of carbonyl (C=O) groups is 1. The number of rotatable bonds is 9. The van der Waals surface area contributed by atoms with Crippen molar-refractivity contribution < 1.29 is 13.6 Å². The van der Waals surface area contributed by atoms with E-state index in [4.69, 9.17) is 0 Å². The van der Waals surface area contributed by atoms with E-state index in [1.165, 1.54) is 24.3 Å². The second kappa shape index (κ2) is 10.0. The molecule has 29 heavy (non-hydrogen) atoms. The number of nitrogens with zero attached hydrogens (tertiary/aromatic N) is 2. The third-order valence-corrected chi connectivity index (χ3v) is 4.94. The highest BCUT2D eigenvalue weighted by Gasteiger charge is 2.20. The zero-order chi connectivity index (χ0) is 20.6. The summed E-state index contributed by atoms with van der Waals surface area (Å²) in [6.07, 6.45) is 4.82. The molecule has 0 fully saturated rings. The molecule has 0 atom stereocenters. The quantitative estimate of drug-likeness (QED) is 0.429. The molecule has 0 saturated carbocycles. The smallest absolute Gasteiger partial charge is 0.257 e. The van der Waals surface area contributed by atoms with Crippen molar-refractivity contribution in [1.82, 2.24) is 9.47 Å². The van der Waals surface area contributed by atoms with Crippen LogP contribution in [0.4, 0.5) is 8.78 Å². The number of benzene rings is 2. The van der Waals surface area contributed by atoms with Gasteiger partial charge in [-0.05, 0) is 48.4 Å². The summed E-state index contributed by atoms with van der Waals surface area (Å²) in [5.74, 6) is -1.09. The zero-order valence-corrected chi connectivity index (χ0v) is 16.7. The Balaban J connectivity index is 1.80. The van der Waals surface area contributed by atoms with Crippen LogP contribution in [0.25, 0.3) is 0 Å². The van der Waals surface area contributed by atoms with Crippen LogP contribution in [0.15, 0.2) is 66.9 Å². The van der Waals surface area contributed by atoms with Crippen LogP contribution >= 0.6 is 0 Å². The third-order valence-electron chi connectivity index (χ3n) is 4.94. The number of unbranched alkanes of at least 4 members (excludes halogenated alkanes) is 2. The molecule has 152 valence electrons. The van der Waals surface area contributed by atoms with Crippen molar-refractivity contribution in [2.24, 2.45) is 0 Å². The van der Waals surface area contributed by atoms with E-state index in [0.717, 1.165) is 30.5 Å². The number of hydrogen-bond acceptors (Lipinski definition) is 1. The van der Waals surface area contributed by atoms with Gasteiger partial charge < -0.3 is 9.47 Å². The lowest BCUT2D eigenvalue weighted by Gasteiger charge is -2.24. The van der Waals surface area contributed by atoms with E-state index in [2.05, 4.69) is 6.92 Å². The molecular formula is C24H26F2N2O. The maximum Gasteiger partial charge on any atom is 0.257 e. The fourth-order valence-electron chi connectivity index (χ4n) is 3.38. The molecule has 0 saturated heterocycles. The Morgan fingerprint density at radius 3 is 2.59 bits per heavy atom. The van der Waals surface area contributed by atoms with Crippen molar-refractivity contribution in [3.63, 3.8) is 0 Å². The molecule has 0 unspecified atom stereocenters. The van der Waals surface area contributed by atoms with Gasteiger partial charge in [0, 0.05) is 25.0 Å². The summed E-state index contributed by atoms with van der Waals surface area (Å²) >= 11 is 0. The SMILES string of the molecule is CCCCCN(Cc1cccn1Cc1cccc(F)c1)C(=O)c1ccccc1F. The van der Waals surface area contributed by atoms with Gasteiger partial charge in [0.05, 0.1) is 12.1 Å². The minimum atomic E-state index is -0.506. The van der Waals surface area contributed by atoms with Gasteiger partial charge in [-0.25, -0.2) is 8.78 Å². The topological polar surface area (TPSA) is 25.2 Å². The Bertz CT molecular complexity index is 951. The Morgan fingerprint density at radius 2 is 1.83 bits per heavy atom. The van der Waals surface area contributed by atoms with Crippen LogP contribution in [0.5, 0.6) is 0 Å². The van der Waals surface area contributed by atoms with Crippen LogP contribution in [0.1, 0.15) is 47.8 Å². The second-order valence-electron chi connectivity index (χ2n) is 7.17. The molecule has 0 aliphatic carbocycles. The Kier molecular flexibility index (Phi) is 7.17. The van der Waals surface area contributed by atoms with Crippen LogP contribution in [0.3, 0.4) is 0 Å². The van der Waals surface area contributed by atoms with Crippen molar-refractivity contribution in [2.45, 2.75) is 39.3 Å². The van der Waals surface area contributed by atoms with Crippen LogP contribution in [-0.2, 0) is 13.1 Å². The molecule has 2 aromatic carbocycles. The van der Waals surface area contributed by atoms with E-state index in [-0.39, 0.29) is 17.3 Å². The van der Waals surface area contributed by atoms with Gasteiger partial charge in [0.25, 0.3) is 5.91 Å². The minimum absolute atomic E-state index is 0.0900. The highest BCUT2D eigenvalue weighted by Crippen LogP contribution is 2.16. The molecule has 1 heterocycles. The lowest BCUT2D eigenvalue weighted by atomic mass is 10.1. The molecule has 0 aliphatic heterocycles. The van der Waals surface area contributed by atoms with Gasteiger partial charge in [-0.2, -0.15) is 0 Å². The first kappa shape index (κ1) is 20.8. The summed E-state index contributed by atoms with van der Waals surface area (Å²) < 4.78 is 29.7. The van der Waals surface area contributed by atoms with E-state index >= 15 is 0 Å². The average Bonchev–Trinajstić information content (AvgIpc) is 3.14. The monoisotopic (exact) mass is 396 g/mol. The fourth-order valence-corrected chi connectivity index (χ4v) is 3.38.